The first-order valence-corrected chi connectivity index (χ1v) is 10.6. The summed E-state index contributed by atoms with van der Waals surface area (Å²) in [5, 5.41) is 0. The third kappa shape index (κ3) is 4.65. The summed E-state index contributed by atoms with van der Waals surface area (Å²) in [6.07, 6.45) is 0. The van der Waals surface area contributed by atoms with Crippen molar-refractivity contribution < 1.29 is 12.8 Å². The first-order valence-electron chi connectivity index (χ1n) is 7.94. The van der Waals surface area contributed by atoms with Crippen LogP contribution in [0.1, 0.15) is 5.56 Å². The molecule has 0 amide bonds. The van der Waals surface area contributed by atoms with Crippen molar-refractivity contribution in [3.63, 3.8) is 0 Å². The van der Waals surface area contributed by atoms with E-state index >= 15 is 0 Å². The number of fused-ring (bicyclic) bond motifs is 1. The van der Waals surface area contributed by atoms with Gasteiger partial charge in [-0.05, 0) is 29.8 Å². The van der Waals surface area contributed by atoms with Gasteiger partial charge < -0.3 is 9.97 Å². The molecule has 0 aliphatic rings. The Balaban J connectivity index is 1.62. The molecule has 0 aliphatic carbocycles. The normalized spacial score (nSPS) is 11.7. The van der Waals surface area contributed by atoms with Gasteiger partial charge in [0.05, 0.1) is 15.9 Å². The number of H-pyrrole nitrogens is 2. The molecule has 0 fully saturated rings. The van der Waals surface area contributed by atoms with Gasteiger partial charge in [-0.2, -0.15) is 11.8 Å². The number of aromatic amines is 2. The van der Waals surface area contributed by atoms with Crippen LogP contribution in [0.5, 0.6) is 0 Å². The molecule has 2 aromatic carbocycles. The Morgan fingerprint density at radius 2 is 1.70 bits per heavy atom. The Kier molecular flexibility index (Phi) is 5.78. The second-order valence-electron chi connectivity index (χ2n) is 5.66. The van der Waals surface area contributed by atoms with E-state index in [4.69, 9.17) is 0 Å². The van der Waals surface area contributed by atoms with E-state index in [-0.39, 0.29) is 22.8 Å². The third-order valence-corrected chi connectivity index (χ3v) is 6.22. The number of rotatable bonds is 7. The van der Waals surface area contributed by atoms with E-state index in [1.165, 1.54) is 36.0 Å². The van der Waals surface area contributed by atoms with E-state index in [1.807, 2.05) is 0 Å². The molecule has 10 heteroatoms. The highest BCUT2D eigenvalue weighted by molar-refractivity contribution is 7.98. The van der Waals surface area contributed by atoms with Gasteiger partial charge in [0.1, 0.15) is 5.82 Å². The highest BCUT2D eigenvalue weighted by Crippen LogP contribution is 2.16. The molecule has 3 aromatic rings. The van der Waals surface area contributed by atoms with Crippen molar-refractivity contribution in [1.82, 2.24) is 14.7 Å². The molecule has 1 heterocycles. The van der Waals surface area contributed by atoms with E-state index in [2.05, 4.69) is 14.7 Å². The molecule has 0 saturated carbocycles. The van der Waals surface area contributed by atoms with Crippen LogP contribution in [0, 0.1) is 5.82 Å². The van der Waals surface area contributed by atoms with Crippen LogP contribution in [0.4, 0.5) is 4.39 Å². The Bertz CT molecular complexity index is 1190. The van der Waals surface area contributed by atoms with Gasteiger partial charge in [0.2, 0.25) is 10.0 Å². The van der Waals surface area contributed by atoms with E-state index in [0.29, 0.717) is 22.6 Å². The first-order chi connectivity index (χ1) is 12.9. The average Bonchev–Trinajstić information content (AvgIpc) is 2.63. The van der Waals surface area contributed by atoms with Gasteiger partial charge in [-0.25, -0.2) is 17.5 Å². The summed E-state index contributed by atoms with van der Waals surface area (Å²) in [5.74, 6) is 0.623. The number of thioether (sulfide) groups is 1. The largest absolute Gasteiger partial charge is 0.316 e. The van der Waals surface area contributed by atoms with Crippen molar-refractivity contribution in [3.8, 4) is 0 Å². The topological polar surface area (TPSA) is 112 Å². The van der Waals surface area contributed by atoms with Crippen molar-refractivity contribution >= 4 is 32.8 Å². The van der Waals surface area contributed by atoms with Gasteiger partial charge >= 0.3 is 11.1 Å². The number of benzene rings is 2. The summed E-state index contributed by atoms with van der Waals surface area (Å²) in [6.45, 7) is 0.168. The van der Waals surface area contributed by atoms with Crippen molar-refractivity contribution in [3.05, 3.63) is 74.6 Å². The van der Waals surface area contributed by atoms with Crippen LogP contribution in [0.25, 0.3) is 11.0 Å². The molecule has 0 saturated heterocycles. The Morgan fingerprint density at radius 3 is 2.44 bits per heavy atom. The van der Waals surface area contributed by atoms with Gasteiger partial charge in [0, 0.05) is 18.1 Å². The molecule has 3 N–H and O–H groups in total. The molecule has 27 heavy (non-hydrogen) atoms. The van der Waals surface area contributed by atoms with Gasteiger partial charge in [-0.15, -0.1) is 0 Å². The number of hydrogen-bond donors (Lipinski definition) is 3. The molecular formula is C17H16FN3O4S2. The average molecular weight is 409 g/mol. The highest BCUT2D eigenvalue weighted by atomic mass is 32.2. The molecule has 0 bridgehead atoms. The minimum atomic E-state index is -3.78. The van der Waals surface area contributed by atoms with Crippen molar-refractivity contribution in [2.45, 2.75) is 10.6 Å². The number of sulfonamides is 1. The lowest BCUT2D eigenvalue weighted by Gasteiger charge is -2.08. The lowest BCUT2D eigenvalue weighted by atomic mass is 10.2. The maximum absolute atomic E-state index is 13.5. The number of hydrogen-bond acceptors (Lipinski definition) is 5. The zero-order valence-electron chi connectivity index (χ0n) is 14.0. The smallest absolute Gasteiger partial charge is 0.314 e. The molecule has 7 nitrogen and oxygen atoms in total. The van der Waals surface area contributed by atoms with Gasteiger partial charge in [0.15, 0.2) is 0 Å². The zero-order valence-corrected chi connectivity index (χ0v) is 15.6. The summed E-state index contributed by atoms with van der Waals surface area (Å²) in [5.41, 5.74) is -0.536. The second-order valence-corrected chi connectivity index (χ2v) is 8.53. The van der Waals surface area contributed by atoms with Gasteiger partial charge in [-0.3, -0.25) is 9.59 Å². The fraction of sp³-hybridized carbons (Fsp3) is 0.176. The van der Waals surface area contributed by atoms with Gasteiger partial charge in [0.25, 0.3) is 0 Å². The van der Waals surface area contributed by atoms with Crippen LogP contribution in [0.3, 0.4) is 0 Å². The molecule has 3 rings (SSSR count). The number of halogens is 1. The molecule has 0 atom stereocenters. The van der Waals surface area contributed by atoms with Crippen molar-refractivity contribution in [1.29, 1.82) is 0 Å². The molecular weight excluding hydrogens is 393 g/mol. The van der Waals surface area contributed by atoms with Crippen molar-refractivity contribution in [2.24, 2.45) is 0 Å². The molecule has 142 valence electrons. The maximum Gasteiger partial charge on any atom is 0.314 e. The Labute approximate surface area is 158 Å². The number of nitrogens with one attached hydrogen (secondary N) is 3. The van der Waals surface area contributed by atoms with E-state index in [1.54, 1.807) is 18.2 Å². The standard InChI is InChI=1S/C17H16FN3O4S2/c18-13-4-2-1-3-11(13)10-26-8-7-19-27(24,25)12-5-6-14-15(9-12)21-17(23)16(22)20-14/h1-6,9,19H,7-8,10H2,(H,20,22)(H,21,23). The summed E-state index contributed by atoms with van der Waals surface area (Å²) < 4.78 is 40.7. The van der Waals surface area contributed by atoms with Crippen LogP contribution < -0.4 is 15.8 Å². The zero-order chi connectivity index (χ0) is 19.4. The summed E-state index contributed by atoms with van der Waals surface area (Å²) in [4.78, 5) is 27.3. The van der Waals surface area contributed by atoms with E-state index < -0.39 is 21.1 Å². The van der Waals surface area contributed by atoms with Crippen LogP contribution in [0.2, 0.25) is 0 Å². The predicted octanol–water partition coefficient (Wildman–Crippen LogP) is 1.57. The molecule has 0 radical (unpaired) electrons. The summed E-state index contributed by atoms with van der Waals surface area (Å²) in [7, 11) is -3.78. The Morgan fingerprint density at radius 1 is 1.00 bits per heavy atom. The minimum Gasteiger partial charge on any atom is -0.316 e. The highest BCUT2D eigenvalue weighted by Gasteiger charge is 2.14. The fourth-order valence-electron chi connectivity index (χ4n) is 2.39. The third-order valence-electron chi connectivity index (χ3n) is 3.76. The number of aromatic nitrogens is 2. The lowest BCUT2D eigenvalue weighted by Crippen LogP contribution is -2.29. The fourth-order valence-corrected chi connectivity index (χ4v) is 4.42. The van der Waals surface area contributed by atoms with Crippen LogP contribution >= 0.6 is 11.8 Å². The van der Waals surface area contributed by atoms with Crippen molar-refractivity contribution in [2.75, 3.05) is 12.3 Å². The maximum atomic E-state index is 13.5. The molecule has 0 spiro atoms. The Hall–Kier alpha value is -2.43. The summed E-state index contributed by atoms with van der Waals surface area (Å²) in [6, 6.07) is 10.5. The summed E-state index contributed by atoms with van der Waals surface area (Å²) >= 11 is 1.41. The van der Waals surface area contributed by atoms with Gasteiger partial charge in [-0.1, -0.05) is 18.2 Å². The quantitative estimate of drug-likeness (QED) is 0.405. The van der Waals surface area contributed by atoms with E-state index in [9.17, 15) is 22.4 Å². The van der Waals surface area contributed by atoms with Crippen LogP contribution in [-0.4, -0.2) is 30.7 Å². The first kappa shape index (κ1) is 19.3. The molecule has 0 unspecified atom stereocenters. The predicted molar refractivity (Wildman–Crippen MR) is 103 cm³/mol. The molecule has 0 aliphatic heterocycles. The van der Waals surface area contributed by atoms with Crippen LogP contribution in [0.15, 0.2) is 56.9 Å². The van der Waals surface area contributed by atoms with Crippen LogP contribution in [-0.2, 0) is 15.8 Å². The SMILES string of the molecule is O=c1[nH]c2ccc(S(=O)(=O)NCCSCc3ccccc3F)cc2[nH]c1=O. The lowest BCUT2D eigenvalue weighted by molar-refractivity contribution is 0.584. The molecule has 1 aromatic heterocycles. The minimum absolute atomic E-state index is 0.0307. The van der Waals surface area contributed by atoms with E-state index in [0.717, 1.165) is 0 Å². The monoisotopic (exact) mass is 409 g/mol. The second kappa shape index (κ2) is 8.07.